The van der Waals surface area contributed by atoms with E-state index in [9.17, 15) is 13.2 Å². The van der Waals surface area contributed by atoms with Crippen LogP contribution in [0.2, 0.25) is 0 Å². The van der Waals surface area contributed by atoms with Crippen LogP contribution in [0.25, 0.3) is 0 Å². The Morgan fingerprint density at radius 3 is 2.62 bits per heavy atom. The molecule has 2 bridgehead atoms. The molecule has 2 saturated heterocycles. The zero-order valence-electron chi connectivity index (χ0n) is 8.51. The van der Waals surface area contributed by atoms with E-state index in [0.717, 1.165) is 25.3 Å². The Kier molecular flexibility index (Phi) is 2.04. The van der Waals surface area contributed by atoms with Gasteiger partial charge in [0.05, 0.1) is 0 Å². The molecule has 0 saturated carbocycles. The molecule has 3 atom stereocenters. The molecule has 0 radical (unpaired) electrons. The first-order valence-corrected chi connectivity index (χ1v) is 5.42. The maximum absolute atomic E-state index is 12.4. The fourth-order valence-electron chi connectivity index (χ4n) is 2.84. The smallest absolute Gasteiger partial charge is 0.311 e. The molecule has 1 aromatic rings. The minimum Gasteiger partial charge on any atom is -0.311 e. The lowest BCUT2D eigenvalue weighted by Gasteiger charge is -2.17. The van der Waals surface area contributed by atoms with Crippen molar-refractivity contribution in [1.82, 2.24) is 15.5 Å². The SMILES string of the molecule is FC(F)(F)c1cc(C2CC3CCC2N3)[nH]n1. The van der Waals surface area contributed by atoms with Gasteiger partial charge in [0.1, 0.15) is 0 Å². The predicted molar refractivity (Wildman–Crippen MR) is 50.9 cm³/mol. The maximum Gasteiger partial charge on any atom is 0.435 e. The topological polar surface area (TPSA) is 40.7 Å². The van der Waals surface area contributed by atoms with E-state index in [2.05, 4.69) is 15.5 Å². The van der Waals surface area contributed by atoms with Gasteiger partial charge in [-0.15, -0.1) is 0 Å². The number of H-pyrrole nitrogens is 1. The minimum absolute atomic E-state index is 0.169. The van der Waals surface area contributed by atoms with E-state index in [-0.39, 0.29) is 5.92 Å². The fraction of sp³-hybridized carbons (Fsp3) is 0.700. The van der Waals surface area contributed by atoms with E-state index in [1.807, 2.05) is 0 Å². The van der Waals surface area contributed by atoms with E-state index in [1.165, 1.54) is 0 Å². The highest BCUT2D eigenvalue weighted by Crippen LogP contribution is 2.40. The van der Waals surface area contributed by atoms with Crippen LogP contribution in [-0.2, 0) is 6.18 Å². The van der Waals surface area contributed by atoms with Crippen molar-refractivity contribution in [1.29, 1.82) is 0 Å². The summed E-state index contributed by atoms with van der Waals surface area (Å²) in [6.45, 7) is 0. The average molecular weight is 231 g/mol. The summed E-state index contributed by atoms with van der Waals surface area (Å²) in [4.78, 5) is 0. The standard InChI is InChI=1S/C10H12F3N3/c11-10(12,13)9-4-8(15-16-9)6-3-5-1-2-7(6)14-5/h4-7,14H,1-3H2,(H,15,16). The molecule has 0 aromatic carbocycles. The second kappa shape index (κ2) is 3.23. The predicted octanol–water partition coefficient (Wildman–Crippen LogP) is 2.04. The Labute approximate surface area is 90.4 Å². The van der Waals surface area contributed by atoms with Gasteiger partial charge in [0.15, 0.2) is 5.69 Å². The summed E-state index contributed by atoms with van der Waals surface area (Å²) in [5.41, 5.74) is -0.197. The number of hydrogen-bond acceptors (Lipinski definition) is 2. The van der Waals surface area contributed by atoms with Crippen molar-refractivity contribution in [3.05, 3.63) is 17.5 Å². The zero-order valence-corrected chi connectivity index (χ0v) is 8.51. The molecule has 3 unspecified atom stereocenters. The lowest BCUT2D eigenvalue weighted by molar-refractivity contribution is -0.141. The Bertz CT molecular complexity index is 398. The zero-order chi connectivity index (χ0) is 11.3. The third-order valence-electron chi connectivity index (χ3n) is 3.59. The molecule has 0 amide bonds. The van der Waals surface area contributed by atoms with Crippen LogP contribution in [-0.4, -0.2) is 22.3 Å². The summed E-state index contributed by atoms with van der Waals surface area (Å²) >= 11 is 0. The Morgan fingerprint density at radius 2 is 2.12 bits per heavy atom. The Morgan fingerprint density at radius 1 is 1.31 bits per heavy atom. The van der Waals surface area contributed by atoms with Gasteiger partial charge in [-0.1, -0.05) is 0 Å². The van der Waals surface area contributed by atoms with Crippen LogP contribution < -0.4 is 5.32 Å². The Hall–Kier alpha value is -1.04. The molecule has 6 heteroatoms. The second-order valence-corrected chi connectivity index (χ2v) is 4.60. The van der Waals surface area contributed by atoms with Gasteiger partial charge in [-0.05, 0) is 25.3 Å². The van der Waals surface area contributed by atoms with Crippen molar-refractivity contribution in [3.63, 3.8) is 0 Å². The van der Waals surface area contributed by atoms with Crippen molar-refractivity contribution in [2.24, 2.45) is 0 Å². The van der Waals surface area contributed by atoms with Crippen LogP contribution in [0.4, 0.5) is 13.2 Å². The number of aromatic nitrogens is 2. The van der Waals surface area contributed by atoms with Gasteiger partial charge in [0, 0.05) is 23.7 Å². The van der Waals surface area contributed by atoms with E-state index in [1.54, 1.807) is 0 Å². The number of alkyl halides is 3. The van der Waals surface area contributed by atoms with Crippen molar-refractivity contribution in [2.75, 3.05) is 0 Å². The fourth-order valence-corrected chi connectivity index (χ4v) is 2.84. The summed E-state index contributed by atoms with van der Waals surface area (Å²) in [6, 6.07) is 1.95. The molecule has 1 aromatic heterocycles. The third kappa shape index (κ3) is 1.52. The van der Waals surface area contributed by atoms with Gasteiger partial charge in [-0.2, -0.15) is 18.3 Å². The van der Waals surface area contributed by atoms with Gasteiger partial charge in [0.25, 0.3) is 0 Å². The largest absolute Gasteiger partial charge is 0.435 e. The lowest BCUT2D eigenvalue weighted by Crippen LogP contribution is -2.21. The molecule has 0 aliphatic carbocycles. The Balaban J connectivity index is 1.83. The first-order valence-electron chi connectivity index (χ1n) is 5.42. The summed E-state index contributed by atoms with van der Waals surface area (Å²) in [5.74, 6) is 0.169. The van der Waals surface area contributed by atoms with Crippen LogP contribution in [0.15, 0.2) is 6.07 Å². The second-order valence-electron chi connectivity index (χ2n) is 4.60. The highest BCUT2D eigenvalue weighted by Gasteiger charge is 2.42. The highest BCUT2D eigenvalue weighted by molar-refractivity contribution is 5.21. The van der Waals surface area contributed by atoms with Crippen molar-refractivity contribution in [2.45, 2.75) is 43.4 Å². The molecule has 2 N–H and O–H groups in total. The summed E-state index contributed by atoms with van der Waals surface area (Å²) in [5, 5.41) is 9.26. The number of nitrogens with zero attached hydrogens (tertiary/aromatic N) is 1. The van der Waals surface area contributed by atoms with Gasteiger partial charge < -0.3 is 5.32 Å². The molecule has 88 valence electrons. The van der Waals surface area contributed by atoms with Crippen molar-refractivity contribution < 1.29 is 13.2 Å². The summed E-state index contributed by atoms with van der Waals surface area (Å²) in [6.07, 6.45) is -1.24. The van der Waals surface area contributed by atoms with E-state index < -0.39 is 11.9 Å². The third-order valence-corrected chi connectivity index (χ3v) is 3.59. The monoisotopic (exact) mass is 231 g/mol. The normalized spacial score (nSPS) is 33.6. The van der Waals surface area contributed by atoms with Gasteiger partial charge in [-0.3, -0.25) is 5.10 Å². The van der Waals surface area contributed by atoms with Crippen LogP contribution in [0.3, 0.4) is 0 Å². The molecule has 3 heterocycles. The molecule has 2 aliphatic heterocycles. The number of rotatable bonds is 1. The van der Waals surface area contributed by atoms with Crippen LogP contribution in [0.5, 0.6) is 0 Å². The summed E-state index contributed by atoms with van der Waals surface area (Å²) < 4.78 is 37.1. The van der Waals surface area contributed by atoms with Crippen LogP contribution >= 0.6 is 0 Å². The first kappa shape index (κ1) is 10.1. The summed E-state index contributed by atoms with van der Waals surface area (Å²) in [7, 11) is 0. The van der Waals surface area contributed by atoms with Crippen LogP contribution in [0, 0.1) is 0 Å². The minimum atomic E-state index is -4.35. The maximum atomic E-state index is 12.4. The van der Waals surface area contributed by atoms with E-state index in [4.69, 9.17) is 0 Å². The molecule has 3 rings (SSSR count). The van der Waals surface area contributed by atoms with Gasteiger partial charge in [0.2, 0.25) is 0 Å². The molecule has 0 spiro atoms. The number of halogens is 3. The molecule has 16 heavy (non-hydrogen) atoms. The molecule has 2 aliphatic rings. The van der Waals surface area contributed by atoms with Gasteiger partial charge in [-0.25, -0.2) is 0 Å². The molecule has 2 fully saturated rings. The van der Waals surface area contributed by atoms with E-state index >= 15 is 0 Å². The lowest BCUT2D eigenvalue weighted by atomic mass is 9.87. The number of aromatic amines is 1. The quantitative estimate of drug-likeness (QED) is 0.776. The van der Waals surface area contributed by atoms with Gasteiger partial charge >= 0.3 is 6.18 Å². The number of nitrogens with one attached hydrogen (secondary N) is 2. The van der Waals surface area contributed by atoms with Crippen LogP contribution in [0.1, 0.15) is 36.6 Å². The van der Waals surface area contributed by atoms with E-state index in [0.29, 0.717) is 17.8 Å². The number of hydrogen-bond donors (Lipinski definition) is 2. The number of fused-ring (bicyclic) bond motifs is 2. The molecular weight excluding hydrogens is 219 g/mol. The average Bonchev–Trinajstić information content (AvgIpc) is 2.92. The first-order chi connectivity index (χ1) is 7.54. The molecular formula is C10H12F3N3. The highest BCUT2D eigenvalue weighted by atomic mass is 19.4. The van der Waals surface area contributed by atoms with Crippen molar-refractivity contribution in [3.8, 4) is 0 Å². The molecule has 3 nitrogen and oxygen atoms in total. The van der Waals surface area contributed by atoms with Crippen molar-refractivity contribution >= 4 is 0 Å².